The zero-order chi connectivity index (χ0) is 22.0. The molecule has 5 heteroatoms. The van der Waals surface area contributed by atoms with E-state index in [0.717, 1.165) is 17.7 Å². The molecule has 5 nitrogen and oxygen atoms in total. The summed E-state index contributed by atoms with van der Waals surface area (Å²) in [6.07, 6.45) is 1.06. The van der Waals surface area contributed by atoms with Gasteiger partial charge in [-0.2, -0.15) is 0 Å². The van der Waals surface area contributed by atoms with Gasteiger partial charge in [0, 0.05) is 11.6 Å². The molecule has 1 unspecified atom stereocenters. The Bertz CT molecular complexity index is 1250. The molecule has 4 aromatic rings. The molecule has 1 heterocycles. The van der Waals surface area contributed by atoms with Crippen LogP contribution >= 0.6 is 0 Å². The number of nitrogens with zero attached hydrogens (tertiary/aromatic N) is 2. The van der Waals surface area contributed by atoms with Crippen molar-refractivity contribution in [2.45, 2.75) is 26.2 Å². The minimum Gasteiger partial charge on any atom is -0.497 e. The normalized spacial score (nSPS) is 12.0. The number of hydrogen-bond acceptors (Lipinski definition) is 4. The highest BCUT2D eigenvalue weighted by atomic mass is 16.5. The predicted octanol–water partition coefficient (Wildman–Crippen LogP) is 5.58. The van der Waals surface area contributed by atoms with Crippen molar-refractivity contribution in [2.75, 3.05) is 14.2 Å². The molecule has 0 spiro atoms. The average Bonchev–Trinajstić information content (AvgIpc) is 2.83. The number of fused-ring (bicyclic) bond motifs is 1. The Morgan fingerprint density at radius 2 is 1.58 bits per heavy atom. The van der Waals surface area contributed by atoms with Crippen LogP contribution in [0.5, 0.6) is 11.5 Å². The Labute approximate surface area is 181 Å². The van der Waals surface area contributed by atoms with Crippen LogP contribution in [0.1, 0.15) is 31.7 Å². The Hall–Kier alpha value is -3.60. The van der Waals surface area contributed by atoms with Crippen LogP contribution in [0.4, 0.5) is 0 Å². The summed E-state index contributed by atoms with van der Waals surface area (Å²) in [5.74, 6) is 2.27. The maximum absolute atomic E-state index is 13.6. The highest BCUT2D eigenvalue weighted by molar-refractivity contribution is 5.80. The van der Waals surface area contributed by atoms with Gasteiger partial charge in [0.05, 0.1) is 30.8 Å². The van der Waals surface area contributed by atoms with E-state index >= 15 is 0 Å². The first kappa shape index (κ1) is 20.7. The highest BCUT2D eigenvalue weighted by Crippen LogP contribution is 2.30. The summed E-state index contributed by atoms with van der Waals surface area (Å²) in [6, 6.07) is 21.1. The monoisotopic (exact) mass is 414 g/mol. The van der Waals surface area contributed by atoms with E-state index in [4.69, 9.17) is 14.5 Å². The summed E-state index contributed by atoms with van der Waals surface area (Å²) in [7, 11) is 3.21. The summed E-state index contributed by atoms with van der Waals surface area (Å²) >= 11 is 0. The molecule has 0 aliphatic heterocycles. The first-order valence-corrected chi connectivity index (χ1v) is 10.4. The minimum absolute atomic E-state index is 0.112. The third-order valence-corrected chi connectivity index (χ3v) is 5.72. The quantitative estimate of drug-likeness (QED) is 0.413. The van der Waals surface area contributed by atoms with Crippen LogP contribution in [0.25, 0.3) is 28.0 Å². The molecule has 0 saturated carbocycles. The van der Waals surface area contributed by atoms with Gasteiger partial charge in [-0.05, 0) is 54.3 Å². The fourth-order valence-corrected chi connectivity index (χ4v) is 3.69. The van der Waals surface area contributed by atoms with Crippen molar-refractivity contribution in [1.29, 1.82) is 0 Å². The predicted molar refractivity (Wildman–Crippen MR) is 125 cm³/mol. The van der Waals surface area contributed by atoms with Crippen molar-refractivity contribution in [1.82, 2.24) is 9.55 Å². The van der Waals surface area contributed by atoms with Crippen LogP contribution in [0.3, 0.4) is 0 Å². The molecule has 1 atom stereocenters. The summed E-state index contributed by atoms with van der Waals surface area (Å²) in [5.41, 5.74) is 3.30. The number of hydrogen-bond donors (Lipinski definition) is 0. The fourth-order valence-electron chi connectivity index (χ4n) is 3.69. The van der Waals surface area contributed by atoms with Crippen molar-refractivity contribution in [3.63, 3.8) is 0 Å². The number of aromatic nitrogens is 2. The lowest BCUT2D eigenvalue weighted by molar-refractivity contribution is 0.394. The molecule has 0 amide bonds. The van der Waals surface area contributed by atoms with Gasteiger partial charge in [0.15, 0.2) is 0 Å². The largest absolute Gasteiger partial charge is 0.497 e. The fraction of sp³-hybridized carbons (Fsp3) is 0.231. The average molecular weight is 415 g/mol. The van der Waals surface area contributed by atoms with E-state index in [1.165, 1.54) is 5.56 Å². The molecule has 0 fully saturated rings. The standard InChI is InChI=1S/C26H26N2O3/c1-5-17(2)18-10-12-20(13-11-18)28-25(19-14-21(30-3)16-22(15-19)31-4)27-24-9-7-6-8-23(24)26(28)29/h6-17H,5H2,1-4H3. The van der Waals surface area contributed by atoms with Gasteiger partial charge in [0.2, 0.25) is 0 Å². The topological polar surface area (TPSA) is 53.4 Å². The number of rotatable bonds is 6. The third-order valence-electron chi connectivity index (χ3n) is 5.72. The van der Waals surface area contributed by atoms with Crippen LogP contribution in [0, 0.1) is 0 Å². The van der Waals surface area contributed by atoms with Crippen LogP contribution in [-0.2, 0) is 0 Å². The van der Waals surface area contributed by atoms with Gasteiger partial charge in [0.1, 0.15) is 17.3 Å². The van der Waals surface area contributed by atoms with E-state index < -0.39 is 0 Å². The van der Waals surface area contributed by atoms with Gasteiger partial charge >= 0.3 is 0 Å². The Morgan fingerprint density at radius 3 is 2.19 bits per heavy atom. The second-order valence-electron chi connectivity index (χ2n) is 7.60. The lowest BCUT2D eigenvalue weighted by atomic mass is 9.98. The minimum atomic E-state index is -0.112. The first-order valence-electron chi connectivity index (χ1n) is 10.4. The number of methoxy groups -OCH3 is 2. The molecule has 0 aliphatic rings. The van der Waals surface area contributed by atoms with Gasteiger partial charge < -0.3 is 9.47 Å². The van der Waals surface area contributed by atoms with Crippen LogP contribution < -0.4 is 15.0 Å². The molecule has 0 bridgehead atoms. The zero-order valence-corrected chi connectivity index (χ0v) is 18.3. The van der Waals surface area contributed by atoms with E-state index in [1.807, 2.05) is 48.5 Å². The second-order valence-corrected chi connectivity index (χ2v) is 7.60. The van der Waals surface area contributed by atoms with Crippen molar-refractivity contribution in [3.8, 4) is 28.6 Å². The van der Waals surface area contributed by atoms with E-state index in [-0.39, 0.29) is 5.56 Å². The molecule has 0 aliphatic carbocycles. The maximum Gasteiger partial charge on any atom is 0.266 e. The van der Waals surface area contributed by atoms with Crippen LogP contribution in [0.2, 0.25) is 0 Å². The second kappa shape index (κ2) is 8.64. The lowest BCUT2D eigenvalue weighted by Gasteiger charge is -2.16. The van der Waals surface area contributed by atoms with Crippen molar-refractivity contribution >= 4 is 10.9 Å². The van der Waals surface area contributed by atoms with Gasteiger partial charge in [-0.3, -0.25) is 9.36 Å². The number of ether oxygens (including phenoxy) is 2. The molecular formula is C26H26N2O3. The third kappa shape index (κ3) is 3.91. The van der Waals surface area contributed by atoms with Crippen molar-refractivity contribution < 1.29 is 9.47 Å². The molecule has 0 N–H and O–H groups in total. The summed E-state index contributed by atoms with van der Waals surface area (Å²) in [6.45, 7) is 4.37. The molecule has 158 valence electrons. The van der Waals surface area contributed by atoms with Gasteiger partial charge in [-0.25, -0.2) is 4.98 Å². The summed E-state index contributed by atoms with van der Waals surface area (Å²) in [5, 5.41) is 0.576. The van der Waals surface area contributed by atoms with Crippen molar-refractivity contribution in [3.05, 3.63) is 82.6 Å². The Kier molecular flexibility index (Phi) is 5.76. The molecule has 0 saturated heterocycles. The number of para-hydroxylation sites is 1. The molecule has 1 aromatic heterocycles. The van der Waals surface area contributed by atoms with Gasteiger partial charge in [-0.1, -0.05) is 38.1 Å². The summed E-state index contributed by atoms with van der Waals surface area (Å²) in [4.78, 5) is 18.4. The van der Waals surface area contributed by atoms with Crippen LogP contribution in [0.15, 0.2) is 71.5 Å². The Balaban J connectivity index is 2.00. The van der Waals surface area contributed by atoms with E-state index in [0.29, 0.717) is 34.1 Å². The van der Waals surface area contributed by atoms with E-state index in [2.05, 4.69) is 26.0 Å². The molecule has 3 aromatic carbocycles. The molecular weight excluding hydrogens is 388 g/mol. The Morgan fingerprint density at radius 1 is 0.935 bits per heavy atom. The SMILES string of the molecule is CCC(C)c1ccc(-n2c(-c3cc(OC)cc(OC)c3)nc3ccccc3c2=O)cc1. The number of benzene rings is 3. The first-order chi connectivity index (χ1) is 15.0. The van der Waals surface area contributed by atoms with Gasteiger partial charge in [0.25, 0.3) is 5.56 Å². The highest BCUT2D eigenvalue weighted by Gasteiger charge is 2.16. The molecule has 4 rings (SSSR count). The maximum atomic E-state index is 13.6. The molecule has 31 heavy (non-hydrogen) atoms. The van der Waals surface area contributed by atoms with Crippen LogP contribution in [-0.4, -0.2) is 23.8 Å². The smallest absolute Gasteiger partial charge is 0.266 e. The lowest BCUT2D eigenvalue weighted by Crippen LogP contribution is -2.22. The van der Waals surface area contributed by atoms with Crippen molar-refractivity contribution in [2.24, 2.45) is 0 Å². The summed E-state index contributed by atoms with van der Waals surface area (Å²) < 4.78 is 12.5. The van der Waals surface area contributed by atoms with E-state index in [1.54, 1.807) is 24.9 Å². The van der Waals surface area contributed by atoms with Gasteiger partial charge in [-0.15, -0.1) is 0 Å². The van der Waals surface area contributed by atoms with E-state index in [9.17, 15) is 4.79 Å². The zero-order valence-electron chi connectivity index (χ0n) is 18.3. The molecule has 0 radical (unpaired) electrons.